The molecule has 0 radical (unpaired) electrons. The van der Waals surface area contributed by atoms with Crippen molar-refractivity contribution in [1.82, 2.24) is 9.29 Å². The van der Waals surface area contributed by atoms with Gasteiger partial charge in [-0.15, -0.1) is 11.3 Å². The molecule has 0 bridgehead atoms. The largest absolute Gasteiger partial charge is 0.506 e. The van der Waals surface area contributed by atoms with E-state index in [0.717, 1.165) is 12.8 Å². The summed E-state index contributed by atoms with van der Waals surface area (Å²) in [5.74, 6) is -0.703. The summed E-state index contributed by atoms with van der Waals surface area (Å²) < 4.78 is 26.6. The molecule has 1 fully saturated rings. The Morgan fingerprint density at radius 3 is 2.57 bits per heavy atom. The van der Waals surface area contributed by atoms with Crippen LogP contribution in [0.25, 0.3) is 0 Å². The lowest BCUT2D eigenvalue weighted by Crippen LogP contribution is -2.30. The molecule has 30 heavy (non-hydrogen) atoms. The Balaban J connectivity index is 1.68. The summed E-state index contributed by atoms with van der Waals surface area (Å²) in [6.07, 6.45) is 1.69. The Hall–Kier alpha value is -2.50. The Morgan fingerprint density at radius 1 is 1.23 bits per heavy atom. The molecule has 3 N–H and O–H groups in total. The number of carbonyl (C=O) groups excluding carboxylic acids is 2. The van der Waals surface area contributed by atoms with Crippen molar-refractivity contribution in [2.45, 2.75) is 38.0 Å². The highest BCUT2D eigenvalue weighted by Crippen LogP contribution is 2.31. The van der Waals surface area contributed by atoms with Crippen LogP contribution in [0.15, 0.2) is 28.5 Å². The van der Waals surface area contributed by atoms with E-state index in [1.54, 1.807) is 19.2 Å². The van der Waals surface area contributed by atoms with Gasteiger partial charge in [-0.2, -0.15) is 4.31 Å². The number of rotatable bonds is 9. The summed E-state index contributed by atoms with van der Waals surface area (Å²) in [6, 6.07) is 3.78. The van der Waals surface area contributed by atoms with Gasteiger partial charge in [-0.05, 0) is 31.0 Å². The number of amides is 2. The Kier molecular flexibility index (Phi) is 6.74. The number of hydrogen-bond donors (Lipinski definition) is 3. The number of benzene rings is 1. The molecule has 2 amide bonds. The van der Waals surface area contributed by atoms with Gasteiger partial charge in [-0.3, -0.25) is 9.59 Å². The monoisotopic (exact) mass is 452 g/mol. The van der Waals surface area contributed by atoms with Gasteiger partial charge < -0.3 is 15.7 Å². The number of carbonyl (C=O) groups is 2. The molecule has 0 atom stereocenters. The van der Waals surface area contributed by atoms with Crippen molar-refractivity contribution in [3.63, 3.8) is 0 Å². The van der Waals surface area contributed by atoms with Gasteiger partial charge in [0.2, 0.25) is 21.8 Å². The Labute approximate surface area is 179 Å². The van der Waals surface area contributed by atoms with Gasteiger partial charge in [0.25, 0.3) is 0 Å². The van der Waals surface area contributed by atoms with Crippen molar-refractivity contribution in [1.29, 1.82) is 0 Å². The molecular weight excluding hydrogens is 428 g/mol. The molecule has 11 heteroatoms. The summed E-state index contributed by atoms with van der Waals surface area (Å²) in [7, 11) is -3.73. The minimum absolute atomic E-state index is 0.00530. The fourth-order valence-corrected chi connectivity index (χ4v) is 5.04. The van der Waals surface area contributed by atoms with Crippen molar-refractivity contribution in [2.24, 2.45) is 5.92 Å². The smallest absolute Gasteiger partial charge is 0.243 e. The van der Waals surface area contributed by atoms with Crippen molar-refractivity contribution in [3.05, 3.63) is 29.3 Å². The van der Waals surface area contributed by atoms with E-state index < -0.39 is 15.9 Å². The first-order valence-corrected chi connectivity index (χ1v) is 11.9. The second-order valence-corrected chi connectivity index (χ2v) is 9.70. The van der Waals surface area contributed by atoms with Gasteiger partial charge in [-0.25, -0.2) is 13.4 Å². The average Bonchev–Trinajstić information content (AvgIpc) is 3.46. The van der Waals surface area contributed by atoms with E-state index in [0.29, 0.717) is 23.9 Å². The van der Waals surface area contributed by atoms with Crippen LogP contribution in [0, 0.1) is 5.92 Å². The highest BCUT2D eigenvalue weighted by Gasteiger charge is 2.30. The lowest BCUT2D eigenvalue weighted by Gasteiger charge is -2.19. The van der Waals surface area contributed by atoms with Gasteiger partial charge >= 0.3 is 0 Å². The molecule has 162 valence electrons. The molecule has 1 heterocycles. The van der Waals surface area contributed by atoms with Crippen molar-refractivity contribution in [3.8, 4) is 5.75 Å². The molecule has 2 aromatic rings. The zero-order valence-electron chi connectivity index (χ0n) is 16.7. The highest BCUT2D eigenvalue weighted by molar-refractivity contribution is 7.89. The number of sulfonamides is 1. The lowest BCUT2D eigenvalue weighted by atomic mass is 10.2. The molecule has 3 rings (SSSR count). The van der Waals surface area contributed by atoms with Gasteiger partial charge in [0.05, 0.1) is 22.7 Å². The zero-order chi connectivity index (χ0) is 21.9. The highest BCUT2D eigenvalue weighted by atomic mass is 32.2. The number of nitrogens with one attached hydrogen (secondary N) is 2. The lowest BCUT2D eigenvalue weighted by molar-refractivity contribution is -0.117. The molecule has 1 aromatic carbocycles. The van der Waals surface area contributed by atoms with E-state index in [-0.39, 0.29) is 34.6 Å². The zero-order valence-corrected chi connectivity index (χ0v) is 18.3. The van der Waals surface area contributed by atoms with Crippen LogP contribution in [-0.4, -0.2) is 47.7 Å². The van der Waals surface area contributed by atoms with Crippen LogP contribution in [0.1, 0.15) is 32.4 Å². The van der Waals surface area contributed by atoms with Gasteiger partial charge in [0.15, 0.2) is 5.13 Å². The Bertz CT molecular complexity index is 1040. The molecule has 0 unspecified atom stereocenters. The molecule has 0 spiro atoms. The maximum absolute atomic E-state index is 12.7. The first-order chi connectivity index (χ1) is 14.2. The standard InChI is InChI=1S/C19H24N4O5S2/c1-3-23(4-2)30(27,28)14-7-8-16(24)15(10-14)21-17(25)9-13-11-29-19(20-13)22-18(26)12-5-6-12/h7-8,10-12,24H,3-6,9H2,1-2H3,(H,21,25)(H,20,22,26). The van der Waals surface area contributed by atoms with Crippen molar-refractivity contribution < 1.29 is 23.1 Å². The van der Waals surface area contributed by atoms with Gasteiger partial charge in [0.1, 0.15) is 5.75 Å². The van der Waals surface area contributed by atoms with Crippen LogP contribution in [-0.2, 0) is 26.0 Å². The number of aromatic hydroxyl groups is 1. The second-order valence-electron chi connectivity index (χ2n) is 6.90. The minimum atomic E-state index is -3.73. The van der Waals surface area contributed by atoms with E-state index >= 15 is 0 Å². The third kappa shape index (κ3) is 5.15. The normalized spacial score (nSPS) is 14.0. The van der Waals surface area contributed by atoms with E-state index in [1.165, 1.54) is 33.8 Å². The summed E-state index contributed by atoms with van der Waals surface area (Å²) in [5, 5.41) is 17.4. The van der Waals surface area contributed by atoms with E-state index in [1.807, 2.05) is 0 Å². The summed E-state index contributed by atoms with van der Waals surface area (Å²) in [6.45, 7) is 4.09. The van der Waals surface area contributed by atoms with Crippen LogP contribution in [0.3, 0.4) is 0 Å². The number of phenols is 1. The molecular formula is C19H24N4O5S2. The first kappa shape index (κ1) is 22.2. The molecule has 1 aliphatic rings. The van der Waals surface area contributed by atoms with Crippen LogP contribution >= 0.6 is 11.3 Å². The fourth-order valence-electron chi connectivity index (χ4n) is 2.85. The predicted octanol–water partition coefficient (Wildman–Crippen LogP) is 2.41. The number of thiazole rings is 1. The van der Waals surface area contributed by atoms with E-state index in [2.05, 4.69) is 15.6 Å². The second kappa shape index (κ2) is 9.11. The average molecular weight is 453 g/mol. The third-order valence-corrected chi connectivity index (χ3v) is 7.51. The molecule has 1 aromatic heterocycles. The summed E-state index contributed by atoms with van der Waals surface area (Å²) >= 11 is 1.23. The van der Waals surface area contributed by atoms with Crippen LogP contribution < -0.4 is 10.6 Å². The maximum atomic E-state index is 12.7. The topological polar surface area (TPSA) is 129 Å². The number of aromatic nitrogens is 1. The van der Waals surface area contributed by atoms with E-state index in [9.17, 15) is 23.1 Å². The SMILES string of the molecule is CCN(CC)S(=O)(=O)c1ccc(O)c(NC(=O)Cc2csc(NC(=O)C3CC3)n2)c1. The molecule has 0 saturated heterocycles. The van der Waals surface area contributed by atoms with Gasteiger partial charge in [0, 0.05) is 24.4 Å². The quantitative estimate of drug-likeness (QED) is 0.501. The van der Waals surface area contributed by atoms with Crippen LogP contribution in [0.5, 0.6) is 5.75 Å². The Morgan fingerprint density at radius 2 is 1.93 bits per heavy atom. The summed E-state index contributed by atoms with van der Waals surface area (Å²) in [4.78, 5) is 28.4. The number of nitrogens with zero attached hydrogens (tertiary/aromatic N) is 2. The number of anilines is 2. The predicted molar refractivity (Wildman–Crippen MR) is 114 cm³/mol. The first-order valence-electron chi connectivity index (χ1n) is 9.62. The van der Waals surface area contributed by atoms with Crippen LogP contribution in [0.4, 0.5) is 10.8 Å². The molecule has 1 aliphatic carbocycles. The molecule has 9 nitrogen and oxygen atoms in total. The molecule has 0 aliphatic heterocycles. The minimum Gasteiger partial charge on any atom is -0.506 e. The van der Waals surface area contributed by atoms with Crippen molar-refractivity contribution >= 4 is 44.0 Å². The number of phenolic OH excluding ortho intramolecular Hbond substituents is 1. The summed E-state index contributed by atoms with van der Waals surface area (Å²) in [5.41, 5.74) is 0.473. The fraction of sp³-hybridized carbons (Fsp3) is 0.421. The maximum Gasteiger partial charge on any atom is 0.243 e. The van der Waals surface area contributed by atoms with Crippen molar-refractivity contribution in [2.75, 3.05) is 23.7 Å². The van der Waals surface area contributed by atoms with Crippen LogP contribution in [0.2, 0.25) is 0 Å². The van der Waals surface area contributed by atoms with Gasteiger partial charge in [-0.1, -0.05) is 13.8 Å². The van der Waals surface area contributed by atoms with E-state index in [4.69, 9.17) is 0 Å². The number of hydrogen-bond acceptors (Lipinski definition) is 7. The molecule has 1 saturated carbocycles. The third-order valence-electron chi connectivity index (χ3n) is 4.66.